The minimum absolute atomic E-state index is 0.224. The van der Waals surface area contributed by atoms with Gasteiger partial charge in [0.05, 0.1) is 29.2 Å². The SMILES string of the molecule is N[C@@H](c1cccc(Cl)c1)c1csc(C(=O)c2cncnc2N[C@@H]2C[C@H](COS(N)(=O)=O)[C@@H](O)C2)c1. The Bertz CT molecular complexity index is 1320. The molecule has 2 aromatic heterocycles. The van der Waals surface area contributed by atoms with Gasteiger partial charge >= 0.3 is 10.3 Å². The maximum absolute atomic E-state index is 13.3. The van der Waals surface area contributed by atoms with Crippen LogP contribution in [0.3, 0.4) is 0 Å². The molecule has 4 atom stereocenters. The molecule has 0 radical (unpaired) electrons. The number of benzene rings is 1. The largest absolute Gasteiger partial charge is 0.393 e. The summed E-state index contributed by atoms with van der Waals surface area (Å²) < 4.78 is 26.7. The molecule has 186 valence electrons. The Morgan fingerprint density at radius 3 is 2.86 bits per heavy atom. The Morgan fingerprint density at radius 1 is 1.31 bits per heavy atom. The van der Waals surface area contributed by atoms with Crippen molar-refractivity contribution in [2.45, 2.75) is 31.0 Å². The van der Waals surface area contributed by atoms with Crippen LogP contribution >= 0.6 is 22.9 Å². The summed E-state index contributed by atoms with van der Waals surface area (Å²) in [6.45, 7) is -0.224. The number of nitrogens with zero attached hydrogens (tertiary/aromatic N) is 2. The third-order valence-electron chi connectivity index (χ3n) is 5.81. The molecule has 6 N–H and O–H groups in total. The second-order valence-corrected chi connectivity index (χ2v) is 10.9. The van der Waals surface area contributed by atoms with Crippen molar-refractivity contribution in [3.05, 3.63) is 74.8 Å². The second-order valence-electron chi connectivity index (χ2n) is 8.31. The van der Waals surface area contributed by atoms with Crippen molar-refractivity contribution in [1.82, 2.24) is 9.97 Å². The summed E-state index contributed by atoms with van der Waals surface area (Å²) in [5.41, 5.74) is 8.26. The fourth-order valence-corrected chi connectivity index (χ4v) is 5.51. The van der Waals surface area contributed by atoms with Crippen LogP contribution < -0.4 is 16.2 Å². The number of nitrogens with one attached hydrogen (secondary N) is 1. The van der Waals surface area contributed by atoms with E-state index >= 15 is 0 Å². The monoisotopic (exact) mass is 537 g/mol. The number of aliphatic hydroxyl groups excluding tert-OH is 1. The van der Waals surface area contributed by atoms with Gasteiger partial charge in [-0.05, 0) is 47.5 Å². The Kier molecular flexibility index (Phi) is 7.81. The average Bonchev–Trinajstić information content (AvgIpc) is 3.43. The van der Waals surface area contributed by atoms with E-state index in [-0.39, 0.29) is 24.0 Å². The number of halogens is 1. The Balaban J connectivity index is 1.47. The fourth-order valence-electron chi connectivity index (χ4n) is 4.04. The van der Waals surface area contributed by atoms with Crippen LogP contribution in [0.2, 0.25) is 5.02 Å². The Labute approximate surface area is 211 Å². The minimum atomic E-state index is -4.10. The van der Waals surface area contributed by atoms with Crippen molar-refractivity contribution in [3.63, 3.8) is 0 Å². The molecule has 0 aliphatic heterocycles. The number of thiophene rings is 1. The van der Waals surface area contributed by atoms with Crippen LogP contribution in [0.25, 0.3) is 0 Å². The molecule has 0 unspecified atom stereocenters. The van der Waals surface area contributed by atoms with Crippen molar-refractivity contribution in [2.75, 3.05) is 11.9 Å². The van der Waals surface area contributed by atoms with Gasteiger partial charge < -0.3 is 16.2 Å². The zero-order chi connectivity index (χ0) is 25.2. The molecule has 0 spiro atoms. The molecule has 2 heterocycles. The van der Waals surface area contributed by atoms with Crippen LogP contribution in [-0.4, -0.2) is 48.0 Å². The zero-order valence-corrected chi connectivity index (χ0v) is 20.8. The lowest BCUT2D eigenvalue weighted by Crippen LogP contribution is -2.24. The molecule has 10 nitrogen and oxygen atoms in total. The number of hydrogen-bond acceptors (Lipinski definition) is 10. The van der Waals surface area contributed by atoms with Gasteiger partial charge in [-0.2, -0.15) is 8.42 Å². The van der Waals surface area contributed by atoms with E-state index in [0.29, 0.717) is 28.6 Å². The molecule has 4 rings (SSSR count). The molecule has 1 aliphatic rings. The number of anilines is 1. The first-order chi connectivity index (χ1) is 16.6. The molecular weight excluding hydrogens is 514 g/mol. The number of rotatable bonds is 9. The Morgan fingerprint density at radius 2 is 2.11 bits per heavy atom. The molecule has 35 heavy (non-hydrogen) atoms. The summed E-state index contributed by atoms with van der Waals surface area (Å²) in [4.78, 5) is 22.0. The first kappa shape index (κ1) is 25.6. The highest BCUT2D eigenvalue weighted by Gasteiger charge is 2.35. The van der Waals surface area contributed by atoms with Gasteiger partial charge in [-0.3, -0.25) is 8.98 Å². The van der Waals surface area contributed by atoms with E-state index in [0.717, 1.165) is 11.1 Å². The van der Waals surface area contributed by atoms with Crippen molar-refractivity contribution in [1.29, 1.82) is 0 Å². The summed E-state index contributed by atoms with van der Waals surface area (Å²) in [5.74, 6) is -0.376. The molecule has 0 amide bonds. The predicted molar refractivity (Wildman–Crippen MR) is 132 cm³/mol. The molecule has 13 heteroatoms. The standard InChI is InChI=1S/C22H24ClN5O5S2/c23-15-3-1-2-12(4-15)20(24)14-6-19(34-10-14)21(30)17-8-26-11-27-22(17)28-16-5-13(18(29)7-16)9-33-35(25,31)32/h1-4,6,8,10-11,13,16,18,20,29H,5,7,9,24H2,(H2,25,31,32)(H,26,27,28)/t13-,16-,18+,20+/m1/s1. The van der Waals surface area contributed by atoms with Gasteiger partial charge in [0.1, 0.15) is 12.1 Å². The number of aromatic nitrogens is 2. The van der Waals surface area contributed by atoms with E-state index in [1.165, 1.54) is 23.9 Å². The summed E-state index contributed by atoms with van der Waals surface area (Å²) in [6, 6.07) is 8.30. The van der Waals surface area contributed by atoms with Crippen LogP contribution in [0.15, 0.2) is 48.2 Å². The third kappa shape index (κ3) is 6.41. The van der Waals surface area contributed by atoms with Crippen LogP contribution in [0.4, 0.5) is 5.82 Å². The van der Waals surface area contributed by atoms with Gasteiger partial charge in [0.25, 0.3) is 0 Å². The maximum Gasteiger partial charge on any atom is 0.333 e. The average molecular weight is 538 g/mol. The summed E-state index contributed by atoms with van der Waals surface area (Å²) >= 11 is 7.34. The van der Waals surface area contributed by atoms with Gasteiger partial charge in [-0.1, -0.05) is 23.7 Å². The summed E-state index contributed by atoms with van der Waals surface area (Å²) in [7, 11) is -4.10. The van der Waals surface area contributed by atoms with Crippen LogP contribution in [0.5, 0.6) is 0 Å². The van der Waals surface area contributed by atoms with E-state index in [9.17, 15) is 18.3 Å². The minimum Gasteiger partial charge on any atom is -0.393 e. The number of carbonyl (C=O) groups excluding carboxylic acids is 1. The van der Waals surface area contributed by atoms with Crippen LogP contribution in [-0.2, 0) is 14.5 Å². The lowest BCUT2D eigenvalue weighted by molar-refractivity contribution is 0.101. The van der Waals surface area contributed by atoms with E-state index < -0.39 is 28.4 Å². The molecule has 1 saturated carbocycles. The van der Waals surface area contributed by atoms with E-state index in [2.05, 4.69) is 19.5 Å². The number of carbonyl (C=O) groups is 1. The number of ketones is 1. The maximum atomic E-state index is 13.3. The van der Waals surface area contributed by atoms with Gasteiger partial charge in [-0.25, -0.2) is 15.1 Å². The molecule has 0 bridgehead atoms. The Hall–Kier alpha value is -2.45. The molecule has 1 aromatic carbocycles. The van der Waals surface area contributed by atoms with Gasteiger partial charge in [0, 0.05) is 23.2 Å². The number of aliphatic hydroxyl groups is 1. The van der Waals surface area contributed by atoms with E-state index in [4.69, 9.17) is 22.5 Å². The summed E-state index contributed by atoms with van der Waals surface area (Å²) in [6.07, 6.45) is 2.70. The smallest absolute Gasteiger partial charge is 0.333 e. The molecule has 1 fully saturated rings. The molecule has 1 aliphatic carbocycles. The fraction of sp³-hybridized carbons (Fsp3) is 0.318. The number of hydrogen-bond donors (Lipinski definition) is 4. The van der Waals surface area contributed by atoms with Crippen LogP contribution in [0.1, 0.15) is 45.2 Å². The summed E-state index contributed by atoms with van der Waals surface area (Å²) in [5, 5.41) is 20.7. The third-order valence-corrected chi connectivity index (χ3v) is 7.46. The van der Waals surface area contributed by atoms with Gasteiger partial charge in [0.2, 0.25) is 5.78 Å². The van der Waals surface area contributed by atoms with Crippen molar-refractivity contribution in [3.8, 4) is 0 Å². The first-order valence-electron chi connectivity index (χ1n) is 10.7. The van der Waals surface area contributed by atoms with Crippen molar-refractivity contribution in [2.24, 2.45) is 16.8 Å². The normalized spacial score (nSPS) is 21.1. The zero-order valence-electron chi connectivity index (χ0n) is 18.4. The van der Waals surface area contributed by atoms with Gasteiger partial charge in [-0.15, -0.1) is 11.3 Å². The highest BCUT2D eigenvalue weighted by atomic mass is 35.5. The van der Waals surface area contributed by atoms with E-state index in [1.54, 1.807) is 18.2 Å². The van der Waals surface area contributed by atoms with E-state index in [1.807, 2.05) is 17.5 Å². The lowest BCUT2D eigenvalue weighted by Gasteiger charge is -2.15. The number of nitrogens with two attached hydrogens (primary N) is 2. The predicted octanol–water partition coefficient (Wildman–Crippen LogP) is 2.24. The topological polar surface area (TPSA) is 171 Å². The van der Waals surface area contributed by atoms with Gasteiger partial charge in [0.15, 0.2) is 0 Å². The quantitative estimate of drug-likeness (QED) is 0.299. The first-order valence-corrected chi connectivity index (χ1v) is 13.4. The highest BCUT2D eigenvalue weighted by Crippen LogP contribution is 2.31. The van der Waals surface area contributed by atoms with Crippen molar-refractivity contribution < 1.29 is 22.5 Å². The molecule has 3 aromatic rings. The highest BCUT2D eigenvalue weighted by molar-refractivity contribution is 7.84. The molecular formula is C22H24ClN5O5S2. The van der Waals surface area contributed by atoms with Crippen LogP contribution in [0, 0.1) is 5.92 Å². The molecule has 0 saturated heterocycles. The lowest BCUT2D eigenvalue weighted by atomic mass is 10.0. The van der Waals surface area contributed by atoms with Crippen molar-refractivity contribution >= 4 is 44.8 Å². The second kappa shape index (κ2) is 10.7.